The zero-order chi connectivity index (χ0) is 20.8. The van der Waals surface area contributed by atoms with Crippen LogP contribution in [0.3, 0.4) is 0 Å². The van der Waals surface area contributed by atoms with E-state index in [4.69, 9.17) is 4.74 Å². The van der Waals surface area contributed by atoms with Gasteiger partial charge in [-0.3, -0.25) is 5.43 Å². The lowest BCUT2D eigenvalue weighted by atomic mass is 10.1. The third-order valence-corrected chi connectivity index (χ3v) is 5.19. The molecule has 0 radical (unpaired) electrons. The molecule has 1 heterocycles. The van der Waals surface area contributed by atoms with Gasteiger partial charge in [-0.1, -0.05) is 54.1 Å². The Morgan fingerprint density at radius 1 is 1.03 bits per heavy atom. The zero-order valence-electron chi connectivity index (χ0n) is 16.4. The molecule has 0 spiro atoms. The van der Waals surface area contributed by atoms with Crippen molar-refractivity contribution in [2.45, 2.75) is 13.5 Å². The first-order valence-corrected chi connectivity index (χ1v) is 10.3. The molecule has 0 atom stereocenters. The third-order valence-electron chi connectivity index (χ3n) is 4.44. The van der Waals surface area contributed by atoms with Gasteiger partial charge in [0.2, 0.25) is 5.13 Å². The Morgan fingerprint density at radius 3 is 2.60 bits per heavy atom. The Kier molecular flexibility index (Phi) is 6.15. The molecule has 0 saturated carbocycles. The van der Waals surface area contributed by atoms with Crippen molar-refractivity contribution in [2.24, 2.45) is 5.10 Å². The van der Waals surface area contributed by atoms with E-state index in [2.05, 4.69) is 46.7 Å². The number of benzene rings is 3. The van der Waals surface area contributed by atoms with Crippen LogP contribution in [0.5, 0.6) is 5.75 Å². The van der Waals surface area contributed by atoms with Crippen LogP contribution in [0, 0.1) is 12.7 Å². The molecule has 1 N–H and O–H groups in total. The second kappa shape index (κ2) is 9.33. The van der Waals surface area contributed by atoms with Gasteiger partial charge < -0.3 is 4.74 Å². The number of thiazole rings is 1. The molecule has 0 aliphatic rings. The lowest BCUT2D eigenvalue weighted by Crippen LogP contribution is -1.99. The predicted molar refractivity (Wildman–Crippen MR) is 121 cm³/mol. The summed E-state index contributed by atoms with van der Waals surface area (Å²) in [7, 11) is 0. The number of rotatable bonds is 7. The smallest absolute Gasteiger partial charge is 0.203 e. The van der Waals surface area contributed by atoms with Crippen LogP contribution >= 0.6 is 11.3 Å². The van der Waals surface area contributed by atoms with Crippen LogP contribution in [-0.4, -0.2) is 11.2 Å². The minimum atomic E-state index is -0.259. The van der Waals surface area contributed by atoms with Gasteiger partial charge in [0.1, 0.15) is 18.2 Å². The molecule has 0 fully saturated rings. The van der Waals surface area contributed by atoms with E-state index in [0.717, 1.165) is 22.4 Å². The average Bonchev–Trinajstić information content (AvgIpc) is 3.23. The second-order valence-electron chi connectivity index (χ2n) is 6.73. The fourth-order valence-electron chi connectivity index (χ4n) is 2.80. The van der Waals surface area contributed by atoms with Crippen LogP contribution in [0.15, 0.2) is 83.3 Å². The molecule has 0 unspecified atom stereocenters. The SMILES string of the molecule is Cc1ccc(-c2csc(N/N=C\c3ccccc3OCc3ccc(F)cc3)n2)cc1. The van der Waals surface area contributed by atoms with E-state index in [1.54, 1.807) is 18.3 Å². The minimum Gasteiger partial charge on any atom is -0.488 e. The molecule has 1 aromatic heterocycles. The molecule has 0 amide bonds. The van der Waals surface area contributed by atoms with E-state index in [0.29, 0.717) is 17.5 Å². The fraction of sp³-hybridized carbons (Fsp3) is 0.0833. The van der Waals surface area contributed by atoms with Crippen molar-refractivity contribution in [1.82, 2.24) is 4.98 Å². The van der Waals surface area contributed by atoms with E-state index in [9.17, 15) is 4.39 Å². The van der Waals surface area contributed by atoms with Crippen molar-refractivity contribution in [3.8, 4) is 17.0 Å². The molecule has 0 saturated heterocycles. The van der Waals surface area contributed by atoms with E-state index in [-0.39, 0.29) is 5.82 Å². The van der Waals surface area contributed by atoms with Crippen molar-refractivity contribution < 1.29 is 9.13 Å². The molecule has 4 rings (SSSR count). The molecule has 30 heavy (non-hydrogen) atoms. The number of para-hydroxylation sites is 1. The lowest BCUT2D eigenvalue weighted by molar-refractivity contribution is 0.305. The van der Waals surface area contributed by atoms with Gasteiger partial charge in [-0.05, 0) is 36.8 Å². The summed E-state index contributed by atoms with van der Waals surface area (Å²) >= 11 is 1.50. The standard InChI is InChI=1S/C24H20FN3OS/c1-17-6-10-19(11-7-17)22-16-30-24(27-22)28-26-14-20-4-2-3-5-23(20)29-15-18-8-12-21(25)13-9-18/h2-14,16H,15H2,1H3,(H,27,28)/b26-14-. The first-order valence-electron chi connectivity index (χ1n) is 9.45. The van der Waals surface area contributed by atoms with Crippen LogP contribution < -0.4 is 10.2 Å². The van der Waals surface area contributed by atoms with E-state index < -0.39 is 0 Å². The summed E-state index contributed by atoms with van der Waals surface area (Å²) in [5, 5.41) is 7.02. The number of hydrazone groups is 1. The van der Waals surface area contributed by atoms with Gasteiger partial charge in [-0.15, -0.1) is 11.3 Å². The second-order valence-corrected chi connectivity index (χ2v) is 7.58. The van der Waals surface area contributed by atoms with E-state index in [1.165, 1.54) is 29.0 Å². The Hall–Kier alpha value is -3.51. The molecule has 0 bridgehead atoms. The van der Waals surface area contributed by atoms with Crippen molar-refractivity contribution >= 4 is 22.7 Å². The van der Waals surface area contributed by atoms with E-state index in [1.807, 2.05) is 29.6 Å². The Balaban J connectivity index is 1.40. The largest absolute Gasteiger partial charge is 0.488 e. The molecule has 150 valence electrons. The maximum atomic E-state index is 13.0. The van der Waals surface area contributed by atoms with Gasteiger partial charge in [0.25, 0.3) is 0 Å². The van der Waals surface area contributed by atoms with E-state index >= 15 is 0 Å². The van der Waals surface area contributed by atoms with Crippen LogP contribution in [0.2, 0.25) is 0 Å². The maximum Gasteiger partial charge on any atom is 0.203 e. The van der Waals surface area contributed by atoms with Crippen LogP contribution in [0.25, 0.3) is 11.3 Å². The van der Waals surface area contributed by atoms with Crippen LogP contribution in [0.1, 0.15) is 16.7 Å². The van der Waals surface area contributed by atoms with Crippen molar-refractivity contribution in [1.29, 1.82) is 0 Å². The summed E-state index contributed by atoms with van der Waals surface area (Å²) < 4.78 is 18.9. The summed E-state index contributed by atoms with van der Waals surface area (Å²) in [6, 6.07) is 22.2. The van der Waals surface area contributed by atoms with Gasteiger partial charge in [-0.2, -0.15) is 5.10 Å². The summed E-state index contributed by atoms with van der Waals surface area (Å²) in [4.78, 5) is 4.58. The van der Waals surface area contributed by atoms with Crippen molar-refractivity contribution in [2.75, 3.05) is 5.43 Å². The summed E-state index contributed by atoms with van der Waals surface area (Å²) in [5.74, 6) is 0.442. The number of aryl methyl sites for hydroxylation is 1. The van der Waals surface area contributed by atoms with Gasteiger partial charge in [0.15, 0.2) is 0 Å². The third kappa shape index (κ3) is 5.10. The quantitative estimate of drug-likeness (QED) is 0.284. The normalized spacial score (nSPS) is 11.0. The first-order chi connectivity index (χ1) is 14.7. The van der Waals surface area contributed by atoms with Gasteiger partial charge in [0, 0.05) is 16.5 Å². The summed E-state index contributed by atoms with van der Waals surface area (Å²) in [5.41, 5.74) is 7.93. The van der Waals surface area contributed by atoms with Crippen LogP contribution in [-0.2, 0) is 6.61 Å². The highest BCUT2D eigenvalue weighted by Gasteiger charge is 2.05. The fourth-order valence-corrected chi connectivity index (χ4v) is 3.47. The molecule has 4 nitrogen and oxygen atoms in total. The average molecular weight is 418 g/mol. The summed E-state index contributed by atoms with van der Waals surface area (Å²) in [6.45, 7) is 2.42. The molecule has 3 aromatic carbocycles. The number of nitrogens with zero attached hydrogens (tertiary/aromatic N) is 2. The topological polar surface area (TPSA) is 46.5 Å². The van der Waals surface area contributed by atoms with Crippen molar-refractivity contribution in [3.05, 3.63) is 101 Å². The summed E-state index contributed by atoms with van der Waals surface area (Å²) in [6.07, 6.45) is 1.70. The first kappa shape index (κ1) is 19.8. The minimum absolute atomic E-state index is 0.259. The number of ether oxygens (including phenoxy) is 1. The van der Waals surface area contributed by atoms with Gasteiger partial charge >= 0.3 is 0 Å². The number of hydrogen-bond donors (Lipinski definition) is 1. The molecule has 0 aliphatic heterocycles. The Labute approximate surface area is 178 Å². The molecular formula is C24H20FN3OS. The Bertz CT molecular complexity index is 1140. The Morgan fingerprint density at radius 2 is 1.80 bits per heavy atom. The van der Waals surface area contributed by atoms with Crippen LogP contribution in [0.4, 0.5) is 9.52 Å². The molecule has 4 aromatic rings. The number of hydrogen-bond acceptors (Lipinski definition) is 5. The number of halogens is 1. The molecular weight excluding hydrogens is 397 g/mol. The number of aromatic nitrogens is 1. The van der Waals surface area contributed by atoms with Gasteiger partial charge in [-0.25, -0.2) is 9.37 Å². The van der Waals surface area contributed by atoms with Gasteiger partial charge in [0.05, 0.1) is 11.9 Å². The molecule has 0 aliphatic carbocycles. The van der Waals surface area contributed by atoms with Crippen molar-refractivity contribution in [3.63, 3.8) is 0 Å². The number of nitrogens with one attached hydrogen (secondary N) is 1. The zero-order valence-corrected chi connectivity index (χ0v) is 17.2. The maximum absolute atomic E-state index is 13.0. The monoisotopic (exact) mass is 417 g/mol. The lowest BCUT2D eigenvalue weighted by Gasteiger charge is -2.09. The predicted octanol–water partition coefficient (Wildman–Crippen LogP) is 6.28. The molecule has 6 heteroatoms. The highest BCUT2D eigenvalue weighted by Crippen LogP contribution is 2.25. The highest BCUT2D eigenvalue weighted by atomic mass is 32.1. The number of anilines is 1. The highest BCUT2D eigenvalue weighted by molar-refractivity contribution is 7.14.